The molecule has 0 N–H and O–H groups in total. The Hall–Kier alpha value is -0.740. The average Bonchev–Trinajstić information content (AvgIpc) is 1.79. The Labute approximate surface area is 63.1 Å². The zero-order valence-electron chi connectivity index (χ0n) is 4.76. The molecule has 1 aliphatic rings. The monoisotopic (exact) mass is 180 g/mol. The van der Waals surface area contributed by atoms with Gasteiger partial charge in [-0.05, 0) is 28.1 Å². The van der Waals surface area contributed by atoms with Crippen molar-refractivity contribution in [1.82, 2.24) is 0 Å². The fraction of sp³-hybridized carbons (Fsp3) is 0. The second-order valence-electron chi connectivity index (χ2n) is 1.53. The van der Waals surface area contributed by atoms with E-state index in [4.69, 9.17) is 0 Å². The van der Waals surface area contributed by atoms with Gasteiger partial charge < -0.3 is 0 Å². The molecule has 1 rings (SSSR count). The minimum Gasteiger partial charge on any atom is -0.0691 e. The molecule has 1 aliphatic carbocycles. The maximum Gasteiger partial charge on any atom is 0.0677 e. The molecule has 0 saturated heterocycles. The molecule has 0 unspecified atom stereocenters. The van der Waals surface area contributed by atoms with Crippen LogP contribution in [0.1, 0.15) is 0 Å². The van der Waals surface area contributed by atoms with Gasteiger partial charge in [-0.1, -0.05) is 30.1 Å². The lowest BCUT2D eigenvalue weighted by Gasteiger charge is -1.81. The van der Waals surface area contributed by atoms with Crippen LogP contribution in [0.15, 0.2) is 34.9 Å². The van der Waals surface area contributed by atoms with Crippen LogP contribution in [-0.4, -0.2) is 0 Å². The summed E-state index contributed by atoms with van der Waals surface area (Å²) in [6.07, 6.45) is 9.51. The van der Waals surface area contributed by atoms with Gasteiger partial charge in [0.2, 0.25) is 0 Å². The van der Waals surface area contributed by atoms with Crippen LogP contribution in [0.4, 0.5) is 0 Å². The van der Waals surface area contributed by atoms with Crippen molar-refractivity contribution in [2.45, 2.75) is 0 Å². The Morgan fingerprint density at radius 3 is 3.00 bits per heavy atom. The van der Waals surface area contributed by atoms with Crippen LogP contribution in [-0.2, 0) is 0 Å². The molecule has 1 heteroatoms. The molecule has 0 saturated carbocycles. The lowest BCUT2D eigenvalue weighted by Crippen LogP contribution is -1.63. The zero-order chi connectivity index (χ0) is 6.53. The van der Waals surface area contributed by atoms with Crippen LogP contribution in [0.25, 0.3) is 0 Å². The van der Waals surface area contributed by atoms with Crippen LogP contribution in [0.2, 0.25) is 0 Å². The molecule has 0 aromatic rings. The number of rotatable bonds is 0. The van der Waals surface area contributed by atoms with Gasteiger partial charge >= 0.3 is 0 Å². The number of hydrogen-bond acceptors (Lipinski definition) is 0. The van der Waals surface area contributed by atoms with E-state index in [0.29, 0.717) is 0 Å². The van der Waals surface area contributed by atoms with Crippen molar-refractivity contribution in [2.75, 3.05) is 0 Å². The molecule has 0 nitrogen and oxygen atoms in total. The standard InChI is InChI=1S/C8H5Br/c9-8-6-4-2-1-3-5-7-8/h1-4,6H/b2-1?,3-1-,4-2-,6-4?,8-6+. The maximum absolute atomic E-state index is 3.28. The van der Waals surface area contributed by atoms with E-state index in [1.54, 1.807) is 0 Å². The van der Waals surface area contributed by atoms with Gasteiger partial charge in [0.15, 0.2) is 0 Å². The summed E-state index contributed by atoms with van der Waals surface area (Å²) in [4.78, 5) is 0. The van der Waals surface area contributed by atoms with Gasteiger partial charge in [-0.2, -0.15) is 0 Å². The fourth-order valence-electron chi connectivity index (χ4n) is 0.460. The van der Waals surface area contributed by atoms with E-state index in [9.17, 15) is 0 Å². The third-order valence-corrected chi connectivity index (χ3v) is 1.30. The topological polar surface area (TPSA) is 0 Å². The molecule has 0 spiro atoms. The summed E-state index contributed by atoms with van der Waals surface area (Å²) in [7, 11) is 0. The van der Waals surface area contributed by atoms with E-state index >= 15 is 0 Å². The Morgan fingerprint density at radius 2 is 2.11 bits per heavy atom. The first-order chi connectivity index (χ1) is 4.39. The highest BCUT2D eigenvalue weighted by atomic mass is 79.9. The summed E-state index contributed by atoms with van der Waals surface area (Å²) < 4.78 is 0.920. The minimum atomic E-state index is 0.920. The quantitative estimate of drug-likeness (QED) is 0.503. The van der Waals surface area contributed by atoms with E-state index in [1.165, 1.54) is 0 Å². The summed E-state index contributed by atoms with van der Waals surface area (Å²) in [5.41, 5.74) is 0. The highest BCUT2D eigenvalue weighted by Gasteiger charge is 1.78. The second-order valence-corrected chi connectivity index (χ2v) is 2.38. The molecule has 0 aliphatic heterocycles. The fourth-order valence-corrected chi connectivity index (χ4v) is 0.727. The van der Waals surface area contributed by atoms with Crippen molar-refractivity contribution in [3.05, 3.63) is 34.9 Å². The van der Waals surface area contributed by atoms with E-state index in [2.05, 4.69) is 27.8 Å². The molecular weight excluding hydrogens is 176 g/mol. The molecule has 0 atom stereocenters. The summed E-state index contributed by atoms with van der Waals surface area (Å²) in [5, 5.41) is 0. The molecular formula is C8H5Br. The van der Waals surface area contributed by atoms with Crippen LogP contribution >= 0.6 is 15.9 Å². The van der Waals surface area contributed by atoms with E-state index in [-0.39, 0.29) is 0 Å². The summed E-state index contributed by atoms with van der Waals surface area (Å²) in [5.74, 6) is 5.71. The third kappa shape index (κ3) is 2.34. The average molecular weight is 181 g/mol. The van der Waals surface area contributed by atoms with Crippen molar-refractivity contribution in [1.29, 1.82) is 0 Å². The lowest BCUT2D eigenvalue weighted by atomic mass is 10.3. The minimum absolute atomic E-state index is 0.920. The summed E-state index contributed by atoms with van der Waals surface area (Å²) >= 11 is 3.28. The molecule has 0 bridgehead atoms. The first-order valence-electron chi connectivity index (χ1n) is 2.60. The zero-order valence-corrected chi connectivity index (χ0v) is 6.35. The molecule has 44 valence electrons. The van der Waals surface area contributed by atoms with Crippen LogP contribution in [0, 0.1) is 11.8 Å². The van der Waals surface area contributed by atoms with Crippen LogP contribution in [0.5, 0.6) is 0 Å². The number of hydrogen-bond donors (Lipinski definition) is 0. The van der Waals surface area contributed by atoms with E-state index in [1.807, 2.05) is 30.4 Å². The summed E-state index contributed by atoms with van der Waals surface area (Å²) in [6.45, 7) is 0. The molecule has 0 heterocycles. The third-order valence-electron chi connectivity index (χ3n) is 0.836. The Kier molecular flexibility index (Phi) is 2.35. The van der Waals surface area contributed by atoms with Gasteiger partial charge in [0.1, 0.15) is 0 Å². The number of halogens is 1. The Morgan fingerprint density at radius 1 is 1.22 bits per heavy atom. The van der Waals surface area contributed by atoms with Crippen molar-refractivity contribution < 1.29 is 0 Å². The highest BCUT2D eigenvalue weighted by molar-refractivity contribution is 9.12. The first-order valence-corrected chi connectivity index (χ1v) is 3.39. The van der Waals surface area contributed by atoms with Crippen molar-refractivity contribution in [2.24, 2.45) is 0 Å². The van der Waals surface area contributed by atoms with Crippen LogP contribution < -0.4 is 0 Å². The second kappa shape index (κ2) is 3.32. The van der Waals surface area contributed by atoms with Crippen molar-refractivity contribution in [3.8, 4) is 11.8 Å². The van der Waals surface area contributed by atoms with Crippen molar-refractivity contribution in [3.63, 3.8) is 0 Å². The lowest BCUT2D eigenvalue weighted by molar-refractivity contribution is 1.87. The molecule has 0 radical (unpaired) electrons. The van der Waals surface area contributed by atoms with Gasteiger partial charge in [0.25, 0.3) is 0 Å². The molecule has 0 aromatic heterocycles. The van der Waals surface area contributed by atoms with Gasteiger partial charge in [0, 0.05) is 0 Å². The smallest absolute Gasteiger partial charge is 0.0677 e. The molecule has 9 heavy (non-hydrogen) atoms. The Balaban J connectivity index is 2.87. The predicted octanol–water partition coefficient (Wildman–Crippen LogP) is 2.39. The van der Waals surface area contributed by atoms with Gasteiger partial charge in [-0.25, -0.2) is 0 Å². The molecule has 0 amide bonds. The maximum atomic E-state index is 3.28. The normalized spacial score (nSPS) is 27.9. The SMILES string of the molecule is Br/C1=C/C=C\C=C/C#C1. The first kappa shape index (κ1) is 6.38. The predicted molar refractivity (Wildman–Crippen MR) is 43.1 cm³/mol. The Bertz CT molecular complexity index is 233. The van der Waals surface area contributed by atoms with Gasteiger partial charge in [-0.3, -0.25) is 0 Å². The number of allylic oxidation sites excluding steroid dienone is 6. The van der Waals surface area contributed by atoms with Crippen LogP contribution in [0.3, 0.4) is 0 Å². The van der Waals surface area contributed by atoms with Gasteiger partial charge in [-0.15, -0.1) is 0 Å². The van der Waals surface area contributed by atoms with E-state index < -0.39 is 0 Å². The van der Waals surface area contributed by atoms with Gasteiger partial charge in [0.05, 0.1) is 4.48 Å². The largest absolute Gasteiger partial charge is 0.0691 e. The summed E-state index contributed by atoms with van der Waals surface area (Å²) in [6, 6.07) is 0. The highest BCUT2D eigenvalue weighted by Crippen LogP contribution is 2.03. The molecule has 0 aromatic carbocycles. The van der Waals surface area contributed by atoms with Crippen molar-refractivity contribution >= 4 is 15.9 Å². The van der Waals surface area contributed by atoms with E-state index in [0.717, 1.165) is 4.48 Å². The molecule has 0 fully saturated rings.